The van der Waals surface area contributed by atoms with Gasteiger partial charge in [0.1, 0.15) is 16.5 Å². The van der Waals surface area contributed by atoms with Crippen molar-refractivity contribution in [1.29, 1.82) is 0 Å². The van der Waals surface area contributed by atoms with E-state index in [0.717, 1.165) is 0 Å². The maximum Gasteiger partial charge on any atom is 0.255 e. The number of carbonyl (C=O) groups is 2. The smallest absolute Gasteiger partial charge is 0.255 e. The Bertz CT molecular complexity index is 809. The number of nitrogens with two attached hydrogens (primary N) is 2. The molecule has 0 aliphatic rings. The number of phenolic OH excluding ortho intramolecular Hbond substituents is 1. The van der Waals surface area contributed by atoms with Crippen molar-refractivity contribution in [3.8, 4) is 11.5 Å². The van der Waals surface area contributed by atoms with Gasteiger partial charge >= 0.3 is 0 Å². The zero-order chi connectivity index (χ0) is 17.9. The van der Waals surface area contributed by atoms with E-state index in [1.54, 1.807) is 0 Å². The molecular formula is C16H14Cl2N2O4. The highest BCUT2D eigenvalue weighted by Gasteiger charge is 2.19. The number of carbonyl (C=O) groups excluding carboxylic acids is 2. The largest absolute Gasteiger partial charge is 0.508 e. The molecule has 8 heteroatoms. The Morgan fingerprint density at radius 2 is 1.83 bits per heavy atom. The Balaban J connectivity index is 2.36. The Morgan fingerprint density at radius 3 is 2.46 bits per heavy atom. The highest BCUT2D eigenvalue weighted by molar-refractivity contribution is 6.45. The molecule has 0 spiro atoms. The number of rotatable bonds is 6. The van der Waals surface area contributed by atoms with E-state index in [9.17, 15) is 14.7 Å². The van der Waals surface area contributed by atoms with E-state index < -0.39 is 11.7 Å². The lowest BCUT2D eigenvalue weighted by Crippen LogP contribution is -2.20. The predicted octanol–water partition coefficient (Wildman–Crippen LogP) is 2.25. The molecule has 1 amide bonds. The van der Waals surface area contributed by atoms with Crippen LogP contribution in [0.3, 0.4) is 0 Å². The van der Waals surface area contributed by atoms with E-state index in [0.29, 0.717) is 11.1 Å². The van der Waals surface area contributed by atoms with Crippen LogP contribution in [-0.2, 0) is 11.3 Å². The molecule has 0 heterocycles. The lowest BCUT2D eigenvalue weighted by molar-refractivity contribution is -0.119. The van der Waals surface area contributed by atoms with Crippen molar-refractivity contribution >= 4 is 34.9 Å². The average molecular weight is 369 g/mol. The normalized spacial score (nSPS) is 10.5. The highest BCUT2D eigenvalue weighted by atomic mass is 35.5. The van der Waals surface area contributed by atoms with Crippen molar-refractivity contribution < 1.29 is 19.4 Å². The van der Waals surface area contributed by atoms with Gasteiger partial charge < -0.3 is 21.3 Å². The van der Waals surface area contributed by atoms with Crippen molar-refractivity contribution in [3.63, 3.8) is 0 Å². The second kappa shape index (κ2) is 7.53. The molecule has 0 aliphatic carbocycles. The molecule has 0 saturated heterocycles. The maximum atomic E-state index is 12.6. The number of halogens is 2. The van der Waals surface area contributed by atoms with Crippen LogP contribution in [0.15, 0.2) is 30.3 Å². The van der Waals surface area contributed by atoms with E-state index >= 15 is 0 Å². The number of hydrogen-bond acceptors (Lipinski definition) is 5. The third kappa shape index (κ3) is 3.79. The van der Waals surface area contributed by atoms with Gasteiger partial charge in [-0.25, -0.2) is 0 Å². The van der Waals surface area contributed by atoms with Crippen molar-refractivity contribution in [3.05, 3.63) is 57.1 Å². The van der Waals surface area contributed by atoms with Crippen molar-refractivity contribution in [2.24, 2.45) is 11.5 Å². The van der Waals surface area contributed by atoms with E-state index in [2.05, 4.69) is 0 Å². The van der Waals surface area contributed by atoms with Gasteiger partial charge in [0, 0.05) is 23.2 Å². The summed E-state index contributed by atoms with van der Waals surface area (Å²) in [4.78, 5) is 23.3. The lowest BCUT2D eigenvalue weighted by atomic mass is 10.0. The third-order valence-corrected chi connectivity index (χ3v) is 4.09. The van der Waals surface area contributed by atoms with E-state index in [1.807, 2.05) is 0 Å². The summed E-state index contributed by atoms with van der Waals surface area (Å²) in [6.45, 7) is -0.275. The van der Waals surface area contributed by atoms with Crippen LogP contribution >= 0.6 is 23.2 Å². The highest BCUT2D eigenvalue weighted by Crippen LogP contribution is 2.36. The quantitative estimate of drug-likeness (QED) is 0.676. The summed E-state index contributed by atoms with van der Waals surface area (Å²) < 4.78 is 5.12. The monoisotopic (exact) mass is 368 g/mol. The molecular weight excluding hydrogens is 355 g/mol. The number of hydrogen-bond donors (Lipinski definition) is 3. The van der Waals surface area contributed by atoms with Crippen molar-refractivity contribution in [2.75, 3.05) is 6.61 Å². The first-order chi connectivity index (χ1) is 11.3. The maximum absolute atomic E-state index is 12.6. The summed E-state index contributed by atoms with van der Waals surface area (Å²) in [5, 5.41) is 9.63. The standard InChI is InChI=1S/C16H14Cl2N2O4/c17-14-10(2-4-12(15(14)18)24-7-13(20)22)16(23)8-1-3-11(21)9(5-8)6-19/h1-5,21H,6-7,19H2,(H2,20,22). The van der Waals surface area contributed by atoms with Gasteiger partial charge in [-0.2, -0.15) is 0 Å². The molecule has 5 N–H and O–H groups in total. The summed E-state index contributed by atoms with van der Waals surface area (Å²) in [5.41, 5.74) is 11.4. The summed E-state index contributed by atoms with van der Waals surface area (Å²) in [7, 11) is 0. The third-order valence-electron chi connectivity index (χ3n) is 3.22. The number of aromatic hydroxyl groups is 1. The van der Waals surface area contributed by atoms with Gasteiger partial charge in [0.2, 0.25) is 0 Å². The first-order valence-electron chi connectivity index (χ1n) is 6.81. The zero-order valence-electron chi connectivity index (χ0n) is 12.4. The predicted molar refractivity (Wildman–Crippen MR) is 90.6 cm³/mol. The fraction of sp³-hybridized carbons (Fsp3) is 0.125. The van der Waals surface area contributed by atoms with Gasteiger partial charge in [0.05, 0.1) is 5.02 Å². The SMILES string of the molecule is NCc1cc(C(=O)c2ccc(OCC(N)=O)c(Cl)c2Cl)ccc1O. The molecule has 2 aromatic rings. The second-order valence-corrected chi connectivity index (χ2v) is 5.63. The van der Waals surface area contributed by atoms with Crippen LogP contribution in [0.4, 0.5) is 0 Å². The molecule has 0 saturated carbocycles. The molecule has 2 aromatic carbocycles. The first-order valence-corrected chi connectivity index (χ1v) is 7.56. The summed E-state index contributed by atoms with van der Waals surface area (Å²) in [6.07, 6.45) is 0. The summed E-state index contributed by atoms with van der Waals surface area (Å²) in [5.74, 6) is -0.905. The van der Waals surface area contributed by atoms with E-state index in [1.165, 1.54) is 30.3 Å². The molecule has 0 atom stereocenters. The van der Waals surface area contributed by atoms with Crippen LogP contribution in [0.1, 0.15) is 21.5 Å². The van der Waals surface area contributed by atoms with Gasteiger partial charge in [-0.05, 0) is 30.3 Å². The molecule has 0 fully saturated rings. The van der Waals surface area contributed by atoms with Gasteiger partial charge in [0.15, 0.2) is 12.4 Å². The molecule has 126 valence electrons. The van der Waals surface area contributed by atoms with Crippen LogP contribution in [0.2, 0.25) is 10.0 Å². The zero-order valence-corrected chi connectivity index (χ0v) is 13.9. The van der Waals surface area contributed by atoms with Gasteiger partial charge in [0.25, 0.3) is 5.91 Å². The summed E-state index contributed by atoms with van der Waals surface area (Å²) >= 11 is 12.2. The molecule has 0 radical (unpaired) electrons. The van der Waals surface area contributed by atoms with Crippen LogP contribution in [0, 0.1) is 0 Å². The molecule has 0 aliphatic heterocycles. The topological polar surface area (TPSA) is 116 Å². The number of ketones is 1. The van der Waals surface area contributed by atoms with Crippen LogP contribution < -0.4 is 16.2 Å². The van der Waals surface area contributed by atoms with Crippen LogP contribution in [0.5, 0.6) is 11.5 Å². The summed E-state index contributed by atoms with van der Waals surface area (Å²) in [6, 6.07) is 7.18. The van der Waals surface area contributed by atoms with Crippen LogP contribution in [0.25, 0.3) is 0 Å². The molecule has 24 heavy (non-hydrogen) atoms. The number of phenols is 1. The minimum atomic E-state index is -0.666. The minimum absolute atomic E-state index is 0.00148. The molecule has 0 bridgehead atoms. The molecule has 0 unspecified atom stereocenters. The Labute approximate surface area is 147 Å². The minimum Gasteiger partial charge on any atom is -0.508 e. The van der Waals surface area contributed by atoms with Gasteiger partial charge in [-0.3, -0.25) is 9.59 Å². The number of ether oxygens (including phenoxy) is 1. The number of benzene rings is 2. The number of primary amides is 1. The molecule has 0 aromatic heterocycles. The van der Waals surface area contributed by atoms with E-state index in [4.69, 9.17) is 39.4 Å². The first kappa shape index (κ1) is 18.1. The molecule has 6 nitrogen and oxygen atoms in total. The Kier molecular flexibility index (Phi) is 5.66. The molecule has 2 rings (SSSR count). The van der Waals surface area contributed by atoms with E-state index in [-0.39, 0.29) is 40.3 Å². The second-order valence-electron chi connectivity index (χ2n) is 4.87. The van der Waals surface area contributed by atoms with Crippen molar-refractivity contribution in [1.82, 2.24) is 0 Å². The van der Waals surface area contributed by atoms with Gasteiger partial charge in [-0.15, -0.1) is 0 Å². The van der Waals surface area contributed by atoms with Gasteiger partial charge in [-0.1, -0.05) is 23.2 Å². The lowest BCUT2D eigenvalue weighted by Gasteiger charge is -2.11. The fourth-order valence-corrected chi connectivity index (χ4v) is 2.47. The average Bonchev–Trinajstić information content (AvgIpc) is 2.56. The Morgan fingerprint density at radius 1 is 1.12 bits per heavy atom. The van der Waals surface area contributed by atoms with Crippen LogP contribution in [-0.4, -0.2) is 23.4 Å². The number of amides is 1. The van der Waals surface area contributed by atoms with Crippen molar-refractivity contribution in [2.45, 2.75) is 6.54 Å². The Hall–Kier alpha value is -2.28. The fourth-order valence-electron chi connectivity index (χ4n) is 2.01.